The van der Waals surface area contributed by atoms with E-state index in [4.69, 9.17) is 9.47 Å². The van der Waals surface area contributed by atoms with Crippen molar-refractivity contribution in [2.75, 3.05) is 13.7 Å². The molecule has 5 rings (SSSR count). The standard InChI is InChI=1S/C28H29FN4O4/c1-27(2,9-10-30)25-24(16-7-8-28(3,26(34)35)37-15-16)19-13-21-17(14-31-32-21)11-22(19)33(25)18-5-6-20(29)23(12-18)36-4/h5-6,11-14,16H,7-9,15H2,1-4H3,(H,31,32)(H,34,35)/t16?,28-/m0/s1. The molecule has 2 aromatic carbocycles. The van der Waals surface area contributed by atoms with Crippen LogP contribution in [-0.4, -0.2) is 45.2 Å². The molecule has 1 saturated heterocycles. The average molecular weight is 505 g/mol. The van der Waals surface area contributed by atoms with Gasteiger partial charge in [0, 0.05) is 46.0 Å². The van der Waals surface area contributed by atoms with E-state index >= 15 is 0 Å². The number of nitrogens with zero attached hydrogens (tertiary/aromatic N) is 3. The Morgan fingerprint density at radius 2 is 2.19 bits per heavy atom. The van der Waals surface area contributed by atoms with Gasteiger partial charge in [-0.15, -0.1) is 0 Å². The number of hydrogen-bond donors (Lipinski definition) is 2. The summed E-state index contributed by atoms with van der Waals surface area (Å²) in [5.74, 6) is -1.43. The van der Waals surface area contributed by atoms with Crippen molar-refractivity contribution in [2.24, 2.45) is 0 Å². The van der Waals surface area contributed by atoms with Gasteiger partial charge in [0.25, 0.3) is 0 Å². The molecule has 8 nitrogen and oxygen atoms in total. The highest BCUT2D eigenvalue weighted by Gasteiger charge is 2.42. The number of nitriles is 1. The fraction of sp³-hybridized carbons (Fsp3) is 0.393. The minimum Gasteiger partial charge on any atom is -0.494 e. The Morgan fingerprint density at radius 1 is 1.41 bits per heavy atom. The van der Waals surface area contributed by atoms with E-state index in [1.54, 1.807) is 25.3 Å². The van der Waals surface area contributed by atoms with Crippen molar-refractivity contribution in [2.45, 2.75) is 57.0 Å². The Kier molecular flexibility index (Phi) is 5.95. The van der Waals surface area contributed by atoms with Crippen molar-refractivity contribution < 1.29 is 23.8 Å². The number of hydrogen-bond acceptors (Lipinski definition) is 5. The number of aliphatic carboxylic acids is 1. The number of ether oxygens (including phenoxy) is 2. The maximum Gasteiger partial charge on any atom is 0.335 e. The van der Waals surface area contributed by atoms with Crippen LogP contribution in [0.25, 0.3) is 27.5 Å². The number of methoxy groups -OCH3 is 1. The summed E-state index contributed by atoms with van der Waals surface area (Å²) in [4.78, 5) is 11.8. The molecule has 2 atom stereocenters. The van der Waals surface area contributed by atoms with Gasteiger partial charge in [-0.1, -0.05) is 13.8 Å². The smallest absolute Gasteiger partial charge is 0.335 e. The maximum absolute atomic E-state index is 14.4. The second kappa shape index (κ2) is 8.89. The highest BCUT2D eigenvalue weighted by atomic mass is 19.1. The summed E-state index contributed by atoms with van der Waals surface area (Å²) in [6, 6.07) is 11.1. The van der Waals surface area contributed by atoms with E-state index in [0.717, 1.165) is 33.1 Å². The van der Waals surface area contributed by atoms with Crippen LogP contribution < -0.4 is 4.74 Å². The number of halogens is 1. The molecule has 1 fully saturated rings. The van der Waals surface area contributed by atoms with E-state index in [1.807, 2.05) is 26.0 Å². The Balaban J connectivity index is 1.83. The van der Waals surface area contributed by atoms with Crippen molar-refractivity contribution in [1.82, 2.24) is 14.8 Å². The third kappa shape index (κ3) is 4.02. The number of carboxylic acids is 1. The minimum atomic E-state index is -1.24. The SMILES string of the molecule is COc1cc(-n2c(C(C)(C)CC#N)c(C3CC[C@@](C)(C(=O)O)OC3)c3cc4[nH]ncc4cc32)ccc1F. The third-order valence-electron chi connectivity index (χ3n) is 7.55. The van der Waals surface area contributed by atoms with Gasteiger partial charge in [-0.2, -0.15) is 10.4 Å². The van der Waals surface area contributed by atoms with Crippen LogP contribution in [0.4, 0.5) is 4.39 Å². The molecule has 3 heterocycles. The molecule has 1 aliphatic rings. The van der Waals surface area contributed by atoms with Gasteiger partial charge in [0.05, 0.1) is 37.0 Å². The van der Waals surface area contributed by atoms with E-state index in [-0.39, 0.29) is 24.7 Å². The third-order valence-corrected chi connectivity index (χ3v) is 7.55. The Morgan fingerprint density at radius 3 is 2.84 bits per heavy atom. The number of fused-ring (bicyclic) bond motifs is 2. The molecule has 2 N–H and O–H groups in total. The predicted octanol–water partition coefficient (Wildman–Crippen LogP) is 5.58. The largest absolute Gasteiger partial charge is 0.494 e. The quantitative estimate of drug-likeness (QED) is 0.354. The summed E-state index contributed by atoms with van der Waals surface area (Å²) in [5.41, 5.74) is 2.52. The van der Waals surface area contributed by atoms with Crippen LogP contribution in [0.2, 0.25) is 0 Å². The van der Waals surface area contributed by atoms with Crippen molar-refractivity contribution in [3.05, 3.63) is 53.6 Å². The zero-order valence-corrected chi connectivity index (χ0v) is 21.3. The first-order valence-electron chi connectivity index (χ1n) is 12.2. The van der Waals surface area contributed by atoms with Crippen LogP contribution in [0.1, 0.15) is 57.2 Å². The normalized spacial score (nSPS) is 20.3. The Labute approximate surface area is 213 Å². The molecule has 0 radical (unpaired) electrons. The van der Waals surface area contributed by atoms with Crippen molar-refractivity contribution in [3.63, 3.8) is 0 Å². The van der Waals surface area contributed by atoms with E-state index in [9.17, 15) is 19.6 Å². The monoisotopic (exact) mass is 504 g/mol. The topological polar surface area (TPSA) is 113 Å². The number of carbonyl (C=O) groups is 1. The van der Waals surface area contributed by atoms with Gasteiger partial charge >= 0.3 is 5.97 Å². The molecule has 4 aromatic rings. The lowest BCUT2D eigenvalue weighted by atomic mass is 9.77. The molecular weight excluding hydrogens is 475 g/mol. The highest BCUT2D eigenvalue weighted by molar-refractivity contribution is 5.99. The van der Waals surface area contributed by atoms with Gasteiger partial charge in [0.15, 0.2) is 17.2 Å². The summed E-state index contributed by atoms with van der Waals surface area (Å²) in [6.07, 6.45) is 2.95. The van der Waals surface area contributed by atoms with Gasteiger partial charge in [-0.3, -0.25) is 5.10 Å². The number of nitrogens with one attached hydrogen (secondary N) is 1. The van der Waals surface area contributed by atoms with Crippen LogP contribution in [0.15, 0.2) is 36.5 Å². The molecule has 1 aliphatic heterocycles. The molecule has 0 saturated carbocycles. The van der Waals surface area contributed by atoms with Gasteiger partial charge in [-0.25, -0.2) is 9.18 Å². The van der Waals surface area contributed by atoms with Crippen LogP contribution in [0.5, 0.6) is 5.75 Å². The lowest BCUT2D eigenvalue weighted by Crippen LogP contribution is -2.43. The molecule has 0 spiro atoms. The van der Waals surface area contributed by atoms with Gasteiger partial charge in [0.2, 0.25) is 0 Å². The van der Waals surface area contributed by atoms with Crippen LogP contribution in [0, 0.1) is 17.1 Å². The van der Waals surface area contributed by atoms with Gasteiger partial charge in [-0.05, 0) is 49.6 Å². The maximum atomic E-state index is 14.4. The molecule has 9 heteroatoms. The summed E-state index contributed by atoms with van der Waals surface area (Å²) in [6.45, 7) is 5.87. The molecule has 0 aliphatic carbocycles. The number of aromatic amines is 1. The van der Waals surface area contributed by atoms with E-state index in [2.05, 4.69) is 20.8 Å². The zero-order valence-electron chi connectivity index (χ0n) is 21.3. The van der Waals surface area contributed by atoms with E-state index in [1.165, 1.54) is 13.2 Å². The molecule has 0 amide bonds. The summed E-state index contributed by atoms with van der Waals surface area (Å²) >= 11 is 0. The lowest BCUT2D eigenvalue weighted by molar-refractivity contribution is -0.170. The highest BCUT2D eigenvalue weighted by Crippen LogP contribution is 2.46. The molecule has 192 valence electrons. The fourth-order valence-electron chi connectivity index (χ4n) is 5.45. The first kappa shape index (κ1) is 24.8. The summed E-state index contributed by atoms with van der Waals surface area (Å²) < 4.78 is 27.7. The second-order valence-electron chi connectivity index (χ2n) is 10.5. The Bertz CT molecular complexity index is 1550. The minimum absolute atomic E-state index is 0.105. The number of carboxylic acid groups (broad SMARTS) is 1. The van der Waals surface area contributed by atoms with Gasteiger partial charge < -0.3 is 19.1 Å². The first-order chi connectivity index (χ1) is 17.6. The number of benzene rings is 2. The number of aromatic nitrogens is 3. The second-order valence-corrected chi connectivity index (χ2v) is 10.5. The van der Waals surface area contributed by atoms with Crippen molar-refractivity contribution in [1.29, 1.82) is 5.26 Å². The Hall–Kier alpha value is -3.90. The fourth-order valence-corrected chi connectivity index (χ4v) is 5.45. The van der Waals surface area contributed by atoms with Crippen LogP contribution in [0.3, 0.4) is 0 Å². The van der Waals surface area contributed by atoms with E-state index < -0.39 is 22.8 Å². The zero-order chi connectivity index (χ0) is 26.5. The number of rotatable bonds is 6. The van der Waals surface area contributed by atoms with Crippen LogP contribution >= 0.6 is 0 Å². The molecular formula is C28H29FN4O4. The number of H-pyrrole nitrogens is 1. The molecule has 1 unspecified atom stereocenters. The first-order valence-corrected chi connectivity index (χ1v) is 12.2. The van der Waals surface area contributed by atoms with Crippen molar-refractivity contribution in [3.8, 4) is 17.5 Å². The average Bonchev–Trinajstić information content (AvgIpc) is 3.45. The van der Waals surface area contributed by atoms with Crippen molar-refractivity contribution >= 4 is 27.8 Å². The van der Waals surface area contributed by atoms with Gasteiger partial charge in [0.1, 0.15) is 0 Å². The molecule has 0 bridgehead atoms. The van der Waals surface area contributed by atoms with E-state index in [0.29, 0.717) is 18.5 Å². The predicted molar refractivity (Wildman–Crippen MR) is 137 cm³/mol. The molecule has 37 heavy (non-hydrogen) atoms. The summed E-state index contributed by atoms with van der Waals surface area (Å²) in [5, 5.41) is 28.5. The lowest BCUT2D eigenvalue weighted by Gasteiger charge is -2.36. The summed E-state index contributed by atoms with van der Waals surface area (Å²) in [7, 11) is 1.43. The van der Waals surface area contributed by atoms with Crippen LogP contribution in [-0.2, 0) is 14.9 Å². The molecule has 2 aromatic heterocycles.